The summed E-state index contributed by atoms with van der Waals surface area (Å²) < 4.78 is 1.45. The lowest BCUT2D eigenvalue weighted by Crippen LogP contribution is -1.99. The Morgan fingerprint density at radius 3 is 2.06 bits per heavy atom. The summed E-state index contributed by atoms with van der Waals surface area (Å²) in [7, 11) is 0. The summed E-state index contributed by atoms with van der Waals surface area (Å²) in [5.74, 6) is 0.151. The Bertz CT molecular complexity index is 457. The molecule has 1 aromatic carbocycles. The summed E-state index contributed by atoms with van der Waals surface area (Å²) >= 11 is 5.78. The predicted molar refractivity (Wildman–Crippen MR) is 62.9 cm³/mol. The van der Waals surface area contributed by atoms with E-state index >= 15 is 0 Å². The maximum Gasteiger partial charge on any atom is 0.193 e. The van der Waals surface area contributed by atoms with Gasteiger partial charge in [-0.1, -0.05) is 23.7 Å². The van der Waals surface area contributed by atoms with Crippen LogP contribution in [0.25, 0.3) is 0 Å². The van der Waals surface area contributed by atoms with E-state index in [9.17, 15) is 10.2 Å². The smallest absolute Gasteiger partial charge is 0.193 e. The number of aromatic hydroxyl groups is 2. The van der Waals surface area contributed by atoms with Crippen LogP contribution in [0.2, 0.25) is 5.02 Å². The number of aromatic nitrogens is 1. The molecule has 0 radical (unpaired) electrons. The number of hydrogen-bond donors (Lipinski definition) is 2. The van der Waals surface area contributed by atoms with Gasteiger partial charge in [-0.3, -0.25) is 4.57 Å². The van der Waals surface area contributed by atoms with Crippen molar-refractivity contribution in [3.63, 3.8) is 0 Å². The van der Waals surface area contributed by atoms with Crippen LogP contribution in [0.3, 0.4) is 0 Å². The van der Waals surface area contributed by atoms with Crippen molar-refractivity contribution in [3.8, 4) is 11.8 Å². The second kappa shape index (κ2) is 4.49. The quantitative estimate of drug-likeness (QED) is 0.862. The maximum absolute atomic E-state index is 9.44. The number of hydrogen-bond acceptors (Lipinski definition) is 2. The van der Waals surface area contributed by atoms with Crippen molar-refractivity contribution in [1.82, 2.24) is 4.57 Å². The van der Waals surface area contributed by atoms with Crippen molar-refractivity contribution in [3.05, 3.63) is 47.0 Å². The van der Waals surface area contributed by atoms with Gasteiger partial charge < -0.3 is 10.2 Å². The third-order valence-electron chi connectivity index (χ3n) is 2.47. The molecule has 0 fully saturated rings. The van der Waals surface area contributed by atoms with E-state index in [1.165, 1.54) is 16.7 Å². The Balaban J connectivity index is 2.05. The molecule has 0 saturated heterocycles. The molecule has 0 aliphatic rings. The molecule has 0 saturated carbocycles. The Kier molecular flexibility index (Phi) is 3.06. The molecular weight excluding hydrogens is 226 g/mol. The summed E-state index contributed by atoms with van der Waals surface area (Å²) in [6, 6.07) is 10.5. The van der Waals surface area contributed by atoms with Crippen LogP contribution in [0, 0.1) is 0 Å². The first-order chi connectivity index (χ1) is 7.66. The lowest BCUT2D eigenvalue weighted by Gasteiger charge is -2.06. The average Bonchev–Trinajstić information content (AvgIpc) is 2.59. The number of nitrogens with zero attached hydrogens (tertiary/aromatic N) is 1. The van der Waals surface area contributed by atoms with E-state index in [1.807, 2.05) is 24.3 Å². The zero-order chi connectivity index (χ0) is 11.5. The Labute approximate surface area is 98.5 Å². The summed E-state index contributed by atoms with van der Waals surface area (Å²) in [5, 5.41) is 19.6. The van der Waals surface area contributed by atoms with Gasteiger partial charge in [0.15, 0.2) is 11.8 Å². The van der Waals surface area contributed by atoms with E-state index in [4.69, 9.17) is 11.6 Å². The molecule has 0 atom stereocenters. The molecule has 2 rings (SSSR count). The molecule has 2 aromatic rings. The van der Waals surface area contributed by atoms with Crippen LogP contribution in [0.4, 0.5) is 0 Å². The average molecular weight is 238 g/mol. The van der Waals surface area contributed by atoms with E-state index in [1.54, 1.807) is 0 Å². The van der Waals surface area contributed by atoms with Gasteiger partial charge >= 0.3 is 0 Å². The third kappa shape index (κ3) is 2.31. The number of aryl methyl sites for hydroxylation is 1. The molecule has 0 aliphatic carbocycles. The molecule has 0 spiro atoms. The van der Waals surface area contributed by atoms with Gasteiger partial charge in [0.2, 0.25) is 0 Å². The van der Waals surface area contributed by atoms with Crippen molar-refractivity contribution in [2.75, 3.05) is 0 Å². The second-order valence-electron chi connectivity index (χ2n) is 3.58. The molecule has 2 N–H and O–H groups in total. The van der Waals surface area contributed by atoms with E-state index in [2.05, 4.69) is 0 Å². The minimum atomic E-state index is 0.0754. The van der Waals surface area contributed by atoms with Crippen LogP contribution < -0.4 is 0 Å². The highest BCUT2D eigenvalue weighted by molar-refractivity contribution is 6.30. The Morgan fingerprint density at radius 2 is 1.50 bits per heavy atom. The van der Waals surface area contributed by atoms with Crippen molar-refractivity contribution in [2.24, 2.45) is 0 Å². The highest BCUT2D eigenvalue weighted by atomic mass is 35.5. The molecule has 0 bridgehead atoms. The molecule has 0 aliphatic heterocycles. The van der Waals surface area contributed by atoms with Crippen LogP contribution in [0.5, 0.6) is 11.8 Å². The highest BCUT2D eigenvalue weighted by Crippen LogP contribution is 2.21. The fourth-order valence-electron chi connectivity index (χ4n) is 1.57. The van der Waals surface area contributed by atoms with E-state index < -0.39 is 0 Å². The predicted octanol–water partition coefficient (Wildman–Crippen LogP) is 2.80. The van der Waals surface area contributed by atoms with Gasteiger partial charge in [-0.2, -0.15) is 0 Å². The number of benzene rings is 1. The normalized spacial score (nSPS) is 10.6. The molecule has 1 aromatic heterocycles. The minimum absolute atomic E-state index is 0.0754. The first kappa shape index (κ1) is 10.9. The van der Waals surface area contributed by atoms with Crippen LogP contribution in [0.1, 0.15) is 5.56 Å². The third-order valence-corrected chi connectivity index (χ3v) is 2.72. The molecule has 1 heterocycles. The van der Waals surface area contributed by atoms with Crippen molar-refractivity contribution >= 4 is 11.6 Å². The van der Waals surface area contributed by atoms with Crippen molar-refractivity contribution in [2.45, 2.75) is 13.0 Å². The fourth-order valence-corrected chi connectivity index (χ4v) is 1.69. The van der Waals surface area contributed by atoms with Crippen LogP contribution >= 0.6 is 11.6 Å². The number of rotatable bonds is 3. The second-order valence-corrected chi connectivity index (χ2v) is 4.01. The summed E-state index contributed by atoms with van der Waals surface area (Å²) in [6.45, 7) is 0.534. The van der Waals surface area contributed by atoms with Gasteiger partial charge in [0.1, 0.15) is 0 Å². The first-order valence-electron chi connectivity index (χ1n) is 4.99. The van der Waals surface area contributed by atoms with Crippen LogP contribution in [-0.4, -0.2) is 14.8 Å². The summed E-state index contributed by atoms with van der Waals surface area (Å²) in [5.41, 5.74) is 1.11. The van der Waals surface area contributed by atoms with Gasteiger partial charge in [-0.25, -0.2) is 0 Å². The van der Waals surface area contributed by atoms with Gasteiger partial charge in [0.25, 0.3) is 0 Å². The highest BCUT2D eigenvalue weighted by Gasteiger charge is 2.05. The van der Waals surface area contributed by atoms with Crippen molar-refractivity contribution < 1.29 is 10.2 Å². The summed E-state index contributed by atoms with van der Waals surface area (Å²) in [4.78, 5) is 0. The minimum Gasteiger partial charge on any atom is -0.494 e. The van der Waals surface area contributed by atoms with E-state index in [0.717, 1.165) is 12.0 Å². The lowest BCUT2D eigenvalue weighted by molar-refractivity contribution is 0.368. The molecule has 0 unspecified atom stereocenters. The molecule has 16 heavy (non-hydrogen) atoms. The number of halogens is 1. The molecule has 0 amide bonds. The topological polar surface area (TPSA) is 45.4 Å². The molecular formula is C12H12ClNO2. The van der Waals surface area contributed by atoms with E-state index in [0.29, 0.717) is 11.6 Å². The lowest BCUT2D eigenvalue weighted by atomic mass is 10.1. The largest absolute Gasteiger partial charge is 0.494 e. The van der Waals surface area contributed by atoms with E-state index in [-0.39, 0.29) is 11.8 Å². The van der Waals surface area contributed by atoms with Crippen LogP contribution in [0.15, 0.2) is 36.4 Å². The molecule has 4 heteroatoms. The SMILES string of the molecule is Oc1ccc(O)n1CCc1ccc(Cl)cc1. The van der Waals surface area contributed by atoms with Gasteiger partial charge in [0.05, 0.1) is 0 Å². The monoisotopic (exact) mass is 237 g/mol. The van der Waals surface area contributed by atoms with Gasteiger partial charge in [-0.15, -0.1) is 0 Å². The standard InChI is InChI=1S/C12H12ClNO2/c13-10-3-1-9(2-4-10)7-8-14-11(15)5-6-12(14)16/h1-6,15-16H,7-8H2. The molecule has 84 valence electrons. The fraction of sp³-hybridized carbons (Fsp3) is 0.167. The summed E-state index contributed by atoms with van der Waals surface area (Å²) in [6.07, 6.45) is 0.729. The van der Waals surface area contributed by atoms with Crippen LogP contribution in [-0.2, 0) is 13.0 Å². The van der Waals surface area contributed by atoms with Gasteiger partial charge in [-0.05, 0) is 24.1 Å². The van der Waals surface area contributed by atoms with Gasteiger partial charge in [0, 0.05) is 23.7 Å². The molecule has 3 nitrogen and oxygen atoms in total. The van der Waals surface area contributed by atoms with Crippen molar-refractivity contribution in [1.29, 1.82) is 0 Å². The maximum atomic E-state index is 9.44. The zero-order valence-electron chi connectivity index (χ0n) is 8.60. The zero-order valence-corrected chi connectivity index (χ0v) is 9.35. The Morgan fingerprint density at radius 1 is 0.938 bits per heavy atom. The Hall–Kier alpha value is -1.61. The first-order valence-corrected chi connectivity index (χ1v) is 5.36.